The molecule has 0 bridgehead atoms. The average Bonchev–Trinajstić information content (AvgIpc) is 3.41. The van der Waals surface area contributed by atoms with Gasteiger partial charge in [0.25, 0.3) is 5.56 Å². The summed E-state index contributed by atoms with van der Waals surface area (Å²) in [7, 11) is 0. The van der Waals surface area contributed by atoms with Crippen LogP contribution in [0.1, 0.15) is 63.6 Å². The van der Waals surface area contributed by atoms with Crippen LogP contribution in [-0.2, 0) is 13.1 Å². The van der Waals surface area contributed by atoms with Crippen molar-refractivity contribution in [3.8, 4) is 0 Å². The van der Waals surface area contributed by atoms with Crippen LogP contribution in [0, 0.1) is 11.8 Å². The summed E-state index contributed by atoms with van der Waals surface area (Å²) in [5.74, 6) is 1.64. The predicted molar refractivity (Wildman–Crippen MR) is 139 cm³/mol. The van der Waals surface area contributed by atoms with Crippen LogP contribution >= 0.6 is 0 Å². The van der Waals surface area contributed by atoms with E-state index >= 15 is 0 Å². The molecule has 1 fully saturated rings. The van der Waals surface area contributed by atoms with Gasteiger partial charge in [-0.05, 0) is 61.7 Å². The van der Waals surface area contributed by atoms with E-state index in [1.54, 1.807) is 6.20 Å². The van der Waals surface area contributed by atoms with Crippen molar-refractivity contribution in [2.45, 2.75) is 71.6 Å². The van der Waals surface area contributed by atoms with Gasteiger partial charge in [-0.1, -0.05) is 32.8 Å². The van der Waals surface area contributed by atoms with Gasteiger partial charge in [0.05, 0.1) is 11.6 Å². The number of aromatic amines is 1. The smallest absolute Gasteiger partial charge is 0.261 e. The maximum Gasteiger partial charge on any atom is 0.261 e. The van der Waals surface area contributed by atoms with E-state index in [1.807, 2.05) is 6.07 Å². The van der Waals surface area contributed by atoms with Crippen LogP contribution in [0.25, 0.3) is 10.9 Å². The van der Waals surface area contributed by atoms with E-state index in [4.69, 9.17) is 5.10 Å². The van der Waals surface area contributed by atoms with Crippen molar-refractivity contribution in [2.24, 2.45) is 16.8 Å². The van der Waals surface area contributed by atoms with Crippen LogP contribution in [0.5, 0.6) is 0 Å². The first kappa shape index (κ1) is 22.8. The lowest BCUT2D eigenvalue weighted by Crippen LogP contribution is -2.32. The van der Waals surface area contributed by atoms with Gasteiger partial charge in [0.15, 0.2) is 5.82 Å². The molecule has 180 valence electrons. The van der Waals surface area contributed by atoms with Crippen LogP contribution < -0.4 is 10.9 Å². The molecule has 0 amide bonds. The van der Waals surface area contributed by atoms with Crippen LogP contribution in [-0.4, -0.2) is 39.0 Å². The Bertz CT molecular complexity index is 1240. The molecule has 2 aromatic heterocycles. The molecular formula is C27H36N6O. The first-order chi connectivity index (χ1) is 16.5. The number of H-pyrrole nitrogens is 1. The first-order valence-corrected chi connectivity index (χ1v) is 12.6. The van der Waals surface area contributed by atoms with Gasteiger partial charge in [-0.2, -0.15) is 5.10 Å². The normalized spacial score (nSPS) is 21.6. The fraction of sp³-hybridized carbons (Fsp3) is 0.519. The molecule has 3 atom stereocenters. The summed E-state index contributed by atoms with van der Waals surface area (Å²) < 4.78 is 2.07. The molecule has 0 spiro atoms. The maximum absolute atomic E-state index is 12.9. The van der Waals surface area contributed by atoms with Gasteiger partial charge in [-0.15, -0.1) is 0 Å². The zero-order valence-electron chi connectivity index (χ0n) is 20.6. The lowest BCUT2D eigenvalue weighted by atomic mass is 9.84. The largest absolute Gasteiger partial charge is 0.338 e. The van der Waals surface area contributed by atoms with Crippen molar-refractivity contribution in [3.63, 3.8) is 0 Å². The second-order valence-corrected chi connectivity index (χ2v) is 10.4. The van der Waals surface area contributed by atoms with Crippen molar-refractivity contribution in [2.75, 3.05) is 11.9 Å². The molecule has 1 aliphatic heterocycles. The molecule has 7 heteroatoms. The van der Waals surface area contributed by atoms with E-state index in [0.29, 0.717) is 29.1 Å². The zero-order valence-corrected chi connectivity index (χ0v) is 20.6. The molecule has 0 unspecified atom stereocenters. The molecule has 2 N–H and O–H groups in total. The molecular weight excluding hydrogens is 424 g/mol. The first-order valence-electron chi connectivity index (χ1n) is 12.6. The van der Waals surface area contributed by atoms with E-state index in [0.717, 1.165) is 43.7 Å². The molecule has 34 heavy (non-hydrogen) atoms. The monoisotopic (exact) mass is 460 g/mol. The van der Waals surface area contributed by atoms with Gasteiger partial charge >= 0.3 is 0 Å². The summed E-state index contributed by atoms with van der Waals surface area (Å²) in [5.41, 5.74) is 4.47. The number of anilines is 2. The Morgan fingerprint density at radius 2 is 1.97 bits per heavy atom. The highest BCUT2D eigenvalue weighted by molar-refractivity contribution is 5.91. The molecule has 1 aliphatic carbocycles. The van der Waals surface area contributed by atoms with Crippen LogP contribution in [0.4, 0.5) is 11.5 Å². The van der Waals surface area contributed by atoms with Gasteiger partial charge in [0.2, 0.25) is 0 Å². The van der Waals surface area contributed by atoms with Crippen LogP contribution in [0.2, 0.25) is 0 Å². The summed E-state index contributed by atoms with van der Waals surface area (Å²) in [6.45, 7) is 13.3. The Kier molecular flexibility index (Phi) is 6.30. The SMILES string of the molecule is C=NC[C@H]1CCCC[C@@H]1n1nc(Nc2ccc3c(c2)CN([C@H](C)C(C)C)C3)c2c(=O)[nH]ccc21. The van der Waals surface area contributed by atoms with E-state index in [9.17, 15) is 4.79 Å². The third-order valence-corrected chi connectivity index (χ3v) is 7.93. The van der Waals surface area contributed by atoms with Gasteiger partial charge < -0.3 is 15.3 Å². The minimum absolute atomic E-state index is 0.112. The molecule has 1 aromatic carbocycles. The number of nitrogens with one attached hydrogen (secondary N) is 2. The van der Waals surface area contributed by atoms with Crippen molar-refractivity contribution in [1.29, 1.82) is 0 Å². The molecule has 3 aromatic rings. The number of benzene rings is 1. The Morgan fingerprint density at radius 1 is 1.18 bits per heavy atom. The number of fused-ring (bicyclic) bond motifs is 2. The molecule has 0 radical (unpaired) electrons. The highest BCUT2D eigenvalue weighted by Crippen LogP contribution is 2.37. The Morgan fingerprint density at radius 3 is 2.76 bits per heavy atom. The third-order valence-electron chi connectivity index (χ3n) is 7.93. The summed E-state index contributed by atoms with van der Waals surface area (Å²) in [5, 5.41) is 9.08. The quantitative estimate of drug-likeness (QED) is 0.472. The minimum atomic E-state index is -0.112. The van der Waals surface area contributed by atoms with E-state index in [-0.39, 0.29) is 11.6 Å². The highest BCUT2D eigenvalue weighted by Gasteiger charge is 2.30. The fourth-order valence-corrected chi connectivity index (χ4v) is 5.67. The highest BCUT2D eigenvalue weighted by atomic mass is 16.1. The number of aromatic nitrogens is 3. The lowest BCUT2D eigenvalue weighted by Gasteiger charge is -2.31. The van der Waals surface area contributed by atoms with Crippen molar-refractivity contribution in [1.82, 2.24) is 19.7 Å². The molecule has 1 saturated carbocycles. The molecule has 5 rings (SSSR count). The second kappa shape index (κ2) is 9.37. The minimum Gasteiger partial charge on any atom is -0.338 e. The topological polar surface area (TPSA) is 78.3 Å². The summed E-state index contributed by atoms with van der Waals surface area (Å²) in [4.78, 5) is 22.4. The number of rotatable bonds is 7. The molecule has 0 saturated heterocycles. The number of pyridine rings is 1. The number of hydrogen-bond acceptors (Lipinski definition) is 5. The van der Waals surface area contributed by atoms with Gasteiger partial charge in [0, 0.05) is 43.5 Å². The number of aliphatic imine (C=N–C) groups is 1. The van der Waals surface area contributed by atoms with E-state index < -0.39 is 0 Å². The van der Waals surface area contributed by atoms with Crippen LogP contribution in [0.15, 0.2) is 40.2 Å². The van der Waals surface area contributed by atoms with E-state index in [2.05, 4.69) is 70.6 Å². The summed E-state index contributed by atoms with van der Waals surface area (Å²) in [6, 6.07) is 9.27. The maximum atomic E-state index is 12.9. The lowest BCUT2D eigenvalue weighted by molar-refractivity contribution is 0.170. The van der Waals surface area contributed by atoms with Gasteiger partial charge in [-0.25, -0.2) is 0 Å². The summed E-state index contributed by atoms with van der Waals surface area (Å²) >= 11 is 0. The fourth-order valence-electron chi connectivity index (χ4n) is 5.67. The van der Waals surface area contributed by atoms with Crippen molar-refractivity contribution in [3.05, 3.63) is 51.9 Å². The van der Waals surface area contributed by atoms with E-state index in [1.165, 1.54) is 24.0 Å². The molecule has 7 nitrogen and oxygen atoms in total. The van der Waals surface area contributed by atoms with Crippen LogP contribution in [0.3, 0.4) is 0 Å². The zero-order chi connectivity index (χ0) is 23.8. The Balaban J connectivity index is 1.47. The number of nitrogens with zero attached hydrogens (tertiary/aromatic N) is 4. The van der Waals surface area contributed by atoms with Crippen molar-refractivity contribution >= 4 is 29.1 Å². The van der Waals surface area contributed by atoms with Crippen molar-refractivity contribution < 1.29 is 0 Å². The molecule has 3 heterocycles. The Hall–Kier alpha value is -2.93. The standard InChI is InChI=1S/C27H36N6O/c1-17(2)18(3)32-15-20-9-10-22(13-21(20)16-32)30-26-25-24(11-12-29-27(25)34)33(31-26)23-8-6-5-7-19(23)14-28-4/h9-13,17-19,23H,4-8,14-16H2,1-3H3,(H,29,34)(H,30,31)/t18-,19-,23+/m1/s1. The predicted octanol–water partition coefficient (Wildman–Crippen LogP) is 5.26. The van der Waals surface area contributed by atoms with Gasteiger partial charge in [-0.3, -0.25) is 14.4 Å². The Labute approximate surface area is 201 Å². The average molecular weight is 461 g/mol. The molecule has 2 aliphatic rings. The number of hydrogen-bond donors (Lipinski definition) is 2. The van der Waals surface area contributed by atoms with Gasteiger partial charge in [0.1, 0.15) is 5.39 Å². The summed E-state index contributed by atoms with van der Waals surface area (Å²) in [6.07, 6.45) is 6.26. The third kappa shape index (κ3) is 4.17. The second-order valence-electron chi connectivity index (χ2n) is 10.4.